The molecule has 4 rings (SSSR count). The fourth-order valence-electron chi connectivity index (χ4n) is 3.77. The number of rotatable bonds is 6. The number of aromatic nitrogens is 2. The second kappa shape index (κ2) is 9.55. The number of alkyl halides is 2. The number of benzene rings is 2. The SMILES string of the molecule is O=C(c1ccccc1SC(F)F)N1CCCC(Cc2nc(-c3ccccc3F)no2)C1. The molecule has 0 saturated carbocycles. The molecule has 1 fully saturated rings. The van der Waals surface area contributed by atoms with Gasteiger partial charge in [-0.3, -0.25) is 4.79 Å². The van der Waals surface area contributed by atoms with E-state index >= 15 is 0 Å². The van der Waals surface area contributed by atoms with Crippen LogP contribution in [0.5, 0.6) is 0 Å². The van der Waals surface area contributed by atoms with E-state index in [1.165, 1.54) is 12.1 Å². The van der Waals surface area contributed by atoms with E-state index < -0.39 is 11.6 Å². The number of carbonyl (C=O) groups excluding carboxylic acids is 1. The number of nitrogens with zero attached hydrogens (tertiary/aromatic N) is 3. The highest BCUT2D eigenvalue weighted by Gasteiger charge is 2.28. The first-order valence-electron chi connectivity index (χ1n) is 9.92. The molecule has 9 heteroatoms. The van der Waals surface area contributed by atoms with Gasteiger partial charge in [0.1, 0.15) is 5.82 Å². The maximum atomic E-state index is 13.9. The average molecular weight is 447 g/mol. The first-order chi connectivity index (χ1) is 15.0. The van der Waals surface area contributed by atoms with Gasteiger partial charge < -0.3 is 9.42 Å². The number of likely N-dealkylation sites (tertiary alicyclic amines) is 1. The maximum absolute atomic E-state index is 13.9. The summed E-state index contributed by atoms with van der Waals surface area (Å²) in [7, 11) is 0. The molecular weight excluding hydrogens is 427 g/mol. The minimum Gasteiger partial charge on any atom is -0.339 e. The summed E-state index contributed by atoms with van der Waals surface area (Å²) in [4.78, 5) is 19.3. The predicted molar refractivity (Wildman–Crippen MR) is 110 cm³/mol. The van der Waals surface area contributed by atoms with Crippen molar-refractivity contribution in [3.05, 3.63) is 65.8 Å². The van der Waals surface area contributed by atoms with Crippen molar-refractivity contribution in [3.8, 4) is 11.4 Å². The molecule has 0 bridgehead atoms. The Hall–Kier alpha value is -2.81. The van der Waals surface area contributed by atoms with Crippen molar-refractivity contribution >= 4 is 17.7 Å². The lowest BCUT2D eigenvalue weighted by Crippen LogP contribution is -2.40. The van der Waals surface area contributed by atoms with Gasteiger partial charge in [-0.1, -0.05) is 41.2 Å². The van der Waals surface area contributed by atoms with E-state index in [1.54, 1.807) is 41.3 Å². The molecule has 31 heavy (non-hydrogen) atoms. The Morgan fingerprint density at radius 3 is 2.77 bits per heavy atom. The molecule has 1 aromatic heterocycles. The van der Waals surface area contributed by atoms with Gasteiger partial charge in [0.05, 0.1) is 11.1 Å². The first kappa shape index (κ1) is 21.4. The molecule has 0 aliphatic carbocycles. The van der Waals surface area contributed by atoms with E-state index in [-0.39, 0.29) is 33.7 Å². The number of amides is 1. The molecule has 3 aromatic rings. The van der Waals surface area contributed by atoms with Gasteiger partial charge in [0.2, 0.25) is 11.7 Å². The molecule has 2 heterocycles. The smallest absolute Gasteiger partial charge is 0.288 e. The fraction of sp³-hybridized carbons (Fsp3) is 0.318. The van der Waals surface area contributed by atoms with Gasteiger partial charge >= 0.3 is 0 Å². The Balaban J connectivity index is 1.44. The molecule has 5 nitrogen and oxygen atoms in total. The molecule has 0 spiro atoms. The molecule has 1 saturated heterocycles. The van der Waals surface area contributed by atoms with Crippen molar-refractivity contribution in [3.63, 3.8) is 0 Å². The van der Waals surface area contributed by atoms with Crippen LogP contribution in [0.3, 0.4) is 0 Å². The Bertz CT molecular complexity index is 1060. The summed E-state index contributed by atoms with van der Waals surface area (Å²) in [6.45, 7) is 1.03. The molecule has 1 amide bonds. The van der Waals surface area contributed by atoms with E-state index in [0.717, 1.165) is 12.8 Å². The summed E-state index contributed by atoms with van der Waals surface area (Å²) in [5.74, 6) is -2.62. The summed E-state index contributed by atoms with van der Waals surface area (Å²) >= 11 is 0.378. The normalized spacial score (nSPS) is 16.6. The van der Waals surface area contributed by atoms with Crippen LogP contribution in [-0.4, -0.2) is 39.8 Å². The van der Waals surface area contributed by atoms with Crippen molar-refractivity contribution in [2.24, 2.45) is 5.92 Å². The fourth-order valence-corrected chi connectivity index (χ4v) is 4.40. The highest BCUT2D eigenvalue weighted by atomic mass is 32.2. The minimum absolute atomic E-state index is 0.0848. The van der Waals surface area contributed by atoms with Crippen LogP contribution < -0.4 is 0 Å². The lowest BCUT2D eigenvalue weighted by molar-refractivity contribution is 0.0664. The minimum atomic E-state index is -2.59. The average Bonchev–Trinajstić information content (AvgIpc) is 3.22. The topological polar surface area (TPSA) is 59.2 Å². The Kier molecular flexibility index (Phi) is 6.60. The summed E-state index contributed by atoms with van der Waals surface area (Å²) in [6.07, 6.45) is 2.11. The zero-order chi connectivity index (χ0) is 21.8. The molecule has 1 aliphatic rings. The van der Waals surface area contributed by atoms with E-state index in [4.69, 9.17) is 4.52 Å². The summed E-state index contributed by atoms with van der Waals surface area (Å²) in [6, 6.07) is 12.6. The van der Waals surface area contributed by atoms with E-state index in [9.17, 15) is 18.0 Å². The van der Waals surface area contributed by atoms with Crippen molar-refractivity contribution in [1.29, 1.82) is 0 Å². The zero-order valence-electron chi connectivity index (χ0n) is 16.5. The van der Waals surface area contributed by atoms with Gasteiger partial charge in [-0.25, -0.2) is 4.39 Å². The van der Waals surface area contributed by atoms with Crippen LogP contribution >= 0.6 is 11.8 Å². The number of thioether (sulfide) groups is 1. The zero-order valence-corrected chi connectivity index (χ0v) is 17.3. The lowest BCUT2D eigenvalue weighted by Gasteiger charge is -2.32. The largest absolute Gasteiger partial charge is 0.339 e. The van der Waals surface area contributed by atoms with Crippen LogP contribution in [0.4, 0.5) is 13.2 Å². The second-order valence-electron chi connectivity index (χ2n) is 7.33. The number of piperidine rings is 1. The van der Waals surface area contributed by atoms with Crippen molar-refractivity contribution in [2.75, 3.05) is 13.1 Å². The van der Waals surface area contributed by atoms with Crippen molar-refractivity contribution in [2.45, 2.75) is 29.9 Å². The van der Waals surface area contributed by atoms with Crippen LogP contribution in [0.1, 0.15) is 29.1 Å². The Morgan fingerprint density at radius 1 is 1.19 bits per heavy atom. The summed E-state index contributed by atoms with van der Waals surface area (Å²) in [5, 5.41) is 3.87. The molecule has 0 radical (unpaired) electrons. The Morgan fingerprint density at radius 2 is 1.97 bits per heavy atom. The summed E-state index contributed by atoms with van der Waals surface area (Å²) < 4.78 is 44.9. The van der Waals surface area contributed by atoms with Crippen LogP contribution in [0, 0.1) is 11.7 Å². The van der Waals surface area contributed by atoms with Gasteiger partial charge in [-0.05, 0) is 43.0 Å². The predicted octanol–water partition coefficient (Wildman–Crippen LogP) is 5.29. The number of halogens is 3. The summed E-state index contributed by atoms with van der Waals surface area (Å²) in [5.41, 5.74) is 0.555. The first-order valence-corrected chi connectivity index (χ1v) is 10.8. The standard InChI is InChI=1S/C22H20F3N3O2S/c23-17-9-3-1-7-15(17)20-26-19(30-27-20)12-14-6-5-11-28(13-14)21(29)16-8-2-4-10-18(16)31-22(24)25/h1-4,7-10,14,22H,5-6,11-13H2. The van der Waals surface area contributed by atoms with Crippen LogP contribution in [-0.2, 0) is 6.42 Å². The van der Waals surface area contributed by atoms with Crippen LogP contribution in [0.2, 0.25) is 0 Å². The molecule has 0 N–H and O–H groups in total. The molecule has 1 unspecified atom stereocenters. The lowest BCUT2D eigenvalue weighted by atomic mass is 9.94. The number of carbonyl (C=O) groups is 1. The maximum Gasteiger partial charge on any atom is 0.288 e. The molecule has 1 aliphatic heterocycles. The molecular formula is C22H20F3N3O2S. The molecule has 2 aromatic carbocycles. The Labute approximate surface area is 181 Å². The highest BCUT2D eigenvalue weighted by Crippen LogP contribution is 2.30. The van der Waals surface area contributed by atoms with Gasteiger partial charge in [0.15, 0.2) is 0 Å². The molecule has 1 atom stereocenters. The third-order valence-electron chi connectivity index (χ3n) is 5.19. The van der Waals surface area contributed by atoms with Gasteiger partial charge in [0.25, 0.3) is 11.7 Å². The molecule has 162 valence electrons. The monoisotopic (exact) mass is 447 g/mol. The number of hydrogen-bond donors (Lipinski definition) is 0. The van der Waals surface area contributed by atoms with Crippen molar-refractivity contribution in [1.82, 2.24) is 15.0 Å². The highest BCUT2D eigenvalue weighted by molar-refractivity contribution is 7.99. The number of hydrogen-bond acceptors (Lipinski definition) is 5. The third-order valence-corrected chi connectivity index (χ3v) is 5.97. The van der Waals surface area contributed by atoms with Crippen LogP contribution in [0.25, 0.3) is 11.4 Å². The third kappa shape index (κ3) is 5.10. The van der Waals surface area contributed by atoms with E-state index in [2.05, 4.69) is 10.1 Å². The van der Waals surface area contributed by atoms with Crippen molar-refractivity contribution < 1.29 is 22.5 Å². The van der Waals surface area contributed by atoms with E-state index in [1.807, 2.05) is 0 Å². The van der Waals surface area contributed by atoms with Crippen LogP contribution in [0.15, 0.2) is 57.9 Å². The van der Waals surface area contributed by atoms with Gasteiger partial charge in [0, 0.05) is 24.4 Å². The van der Waals surface area contributed by atoms with Gasteiger partial charge in [-0.2, -0.15) is 13.8 Å². The second-order valence-corrected chi connectivity index (χ2v) is 8.36. The van der Waals surface area contributed by atoms with E-state index in [0.29, 0.717) is 37.2 Å². The quantitative estimate of drug-likeness (QED) is 0.481. The van der Waals surface area contributed by atoms with Gasteiger partial charge in [-0.15, -0.1) is 0 Å².